The lowest BCUT2D eigenvalue weighted by Gasteiger charge is -2.45. The zero-order valence-electron chi connectivity index (χ0n) is 23.2. The number of likely N-dealkylation sites (tertiary alicyclic amines) is 1. The van der Waals surface area contributed by atoms with Crippen LogP contribution >= 0.6 is 11.9 Å². The number of benzene rings is 2. The Labute approximate surface area is 236 Å². The fraction of sp³-hybridized carbons (Fsp3) is 0.567. The van der Waals surface area contributed by atoms with Crippen molar-refractivity contribution in [2.75, 3.05) is 59.4 Å². The van der Waals surface area contributed by atoms with Crippen LogP contribution in [0.1, 0.15) is 36.8 Å². The fourth-order valence-electron chi connectivity index (χ4n) is 6.60. The number of urea groups is 1. The van der Waals surface area contributed by atoms with E-state index in [0.29, 0.717) is 6.04 Å². The van der Waals surface area contributed by atoms with Gasteiger partial charge in [0.1, 0.15) is 0 Å². The first-order valence-corrected chi connectivity index (χ1v) is 15.1. The van der Waals surface area contributed by atoms with Gasteiger partial charge in [0.05, 0.1) is 27.4 Å². The molecule has 2 aromatic carbocycles. The van der Waals surface area contributed by atoms with Crippen LogP contribution < -0.4 is 19.5 Å². The van der Waals surface area contributed by atoms with Crippen LogP contribution in [0.5, 0.6) is 11.5 Å². The predicted molar refractivity (Wildman–Crippen MR) is 156 cm³/mol. The molecular weight excluding hydrogens is 512 g/mol. The quantitative estimate of drug-likeness (QED) is 0.339. The summed E-state index contributed by atoms with van der Waals surface area (Å²) in [6.45, 7) is 6.44. The molecule has 1 saturated carbocycles. The first kappa shape index (κ1) is 28.1. The van der Waals surface area contributed by atoms with Crippen molar-refractivity contribution in [3.8, 4) is 11.5 Å². The zero-order valence-corrected chi connectivity index (χ0v) is 24.0. The van der Waals surface area contributed by atoms with Gasteiger partial charge >= 0.3 is 6.03 Å². The van der Waals surface area contributed by atoms with E-state index in [1.807, 2.05) is 6.07 Å². The normalized spacial score (nSPS) is 25.6. The monoisotopic (exact) mass is 554 g/mol. The van der Waals surface area contributed by atoms with Gasteiger partial charge in [-0.25, -0.2) is 4.79 Å². The summed E-state index contributed by atoms with van der Waals surface area (Å²) in [5.41, 5.74) is 2.66. The van der Waals surface area contributed by atoms with Gasteiger partial charge in [-0.2, -0.15) is 0 Å². The van der Waals surface area contributed by atoms with E-state index >= 15 is 0 Å². The molecule has 0 aromatic heterocycles. The number of amides is 2. The van der Waals surface area contributed by atoms with Crippen molar-refractivity contribution in [2.45, 2.75) is 49.7 Å². The predicted octanol–water partition coefficient (Wildman–Crippen LogP) is 4.05. The summed E-state index contributed by atoms with van der Waals surface area (Å²) in [5, 5.41) is 3.29. The molecule has 2 saturated heterocycles. The van der Waals surface area contributed by atoms with Crippen molar-refractivity contribution >= 4 is 18.0 Å². The summed E-state index contributed by atoms with van der Waals surface area (Å²) >= 11 is 1.49. The highest BCUT2D eigenvalue weighted by Gasteiger charge is 2.51. The third-order valence-electron chi connectivity index (χ3n) is 8.67. The second-order valence-corrected chi connectivity index (χ2v) is 11.7. The van der Waals surface area contributed by atoms with Crippen LogP contribution in [0.25, 0.3) is 0 Å². The Morgan fingerprint density at radius 1 is 1.05 bits per heavy atom. The van der Waals surface area contributed by atoms with Gasteiger partial charge in [0.15, 0.2) is 11.5 Å². The number of nitrogens with one attached hydrogen (secondary N) is 2. The minimum atomic E-state index is -0.0850. The Morgan fingerprint density at radius 2 is 1.85 bits per heavy atom. The second-order valence-electron chi connectivity index (χ2n) is 10.8. The Hall–Kier alpha value is -2.46. The summed E-state index contributed by atoms with van der Waals surface area (Å²) in [4.78, 5) is 17.8. The maximum absolute atomic E-state index is 12.8. The smallest absolute Gasteiger partial charge is 0.324 e. The van der Waals surface area contributed by atoms with Crippen molar-refractivity contribution in [1.82, 2.24) is 19.8 Å². The first-order valence-electron chi connectivity index (χ1n) is 14.1. The van der Waals surface area contributed by atoms with Gasteiger partial charge in [-0.1, -0.05) is 36.4 Å². The summed E-state index contributed by atoms with van der Waals surface area (Å²) in [5.74, 6) is 2.40. The van der Waals surface area contributed by atoms with Crippen LogP contribution in [-0.4, -0.2) is 87.3 Å². The van der Waals surface area contributed by atoms with Crippen LogP contribution in [0.15, 0.2) is 48.5 Å². The SMILES string of the molecule is COc1ccc(C23CCC(NC(=O)NSCCN4CCOCC4)CC2N(Cc2ccccc2)CC3)cc1OC. The van der Waals surface area contributed by atoms with Crippen LogP contribution in [0.3, 0.4) is 0 Å². The number of rotatable bonds is 10. The van der Waals surface area contributed by atoms with Crippen molar-refractivity contribution in [2.24, 2.45) is 0 Å². The molecule has 39 heavy (non-hydrogen) atoms. The molecule has 5 rings (SSSR count). The molecule has 0 radical (unpaired) electrons. The third-order valence-corrected chi connectivity index (χ3v) is 9.39. The van der Waals surface area contributed by atoms with Crippen LogP contribution in [0.2, 0.25) is 0 Å². The molecule has 3 atom stereocenters. The minimum Gasteiger partial charge on any atom is -0.493 e. The van der Waals surface area contributed by atoms with Crippen molar-refractivity contribution < 1.29 is 19.0 Å². The van der Waals surface area contributed by atoms with Crippen LogP contribution in [0.4, 0.5) is 4.79 Å². The molecule has 2 amide bonds. The highest BCUT2D eigenvalue weighted by molar-refractivity contribution is 7.97. The molecule has 3 unspecified atom stereocenters. The van der Waals surface area contributed by atoms with E-state index in [9.17, 15) is 4.79 Å². The van der Waals surface area contributed by atoms with Crippen LogP contribution in [0, 0.1) is 0 Å². The Morgan fingerprint density at radius 3 is 2.62 bits per heavy atom. The number of hydrogen-bond donors (Lipinski definition) is 2. The van der Waals surface area contributed by atoms with E-state index < -0.39 is 0 Å². The largest absolute Gasteiger partial charge is 0.493 e. The van der Waals surface area contributed by atoms with E-state index in [1.165, 1.54) is 23.1 Å². The number of methoxy groups -OCH3 is 2. The Bertz CT molecular complexity index is 1080. The number of carbonyl (C=O) groups excluding carboxylic acids is 1. The molecule has 3 fully saturated rings. The Balaban J connectivity index is 1.25. The van der Waals surface area contributed by atoms with Gasteiger partial charge in [0, 0.05) is 49.4 Å². The molecule has 3 aliphatic rings. The summed E-state index contributed by atoms with van der Waals surface area (Å²) in [7, 11) is 3.38. The molecule has 1 aliphatic carbocycles. The fourth-order valence-corrected chi connectivity index (χ4v) is 7.24. The highest BCUT2D eigenvalue weighted by atomic mass is 32.2. The molecule has 0 bridgehead atoms. The molecule has 8 nitrogen and oxygen atoms in total. The number of carbonyl (C=O) groups is 1. The van der Waals surface area contributed by atoms with Crippen molar-refractivity contribution in [3.63, 3.8) is 0 Å². The van der Waals surface area contributed by atoms with E-state index in [2.05, 4.69) is 62.3 Å². The summed E-state index contributed by atoms with van der Waals surface area (Å²) in [6, 6.07) is 17.5. The summed E-state index contributed by atoms with van der Waals surface area (Å²) < 4.78 is 19.6. The average molecular weight is 555 g/mol. The average Bonchev–Trinajstić information content (AvgIpc) is 3.34. The number of nitrogens with zero attached hydrogens (tertiary/aromatic N) is 2. The lowest BCUT2D eigenvalue weighted by atomic mass is 9.65. The van der Waals surface area contributed by atoms with Gasteiger partial charge in [-0.3, -0.25) is 14.5 Å². The molecular formula is C30H42N4O4S. The topological polar surface area (TPSA) is 75.3 Å². The molecule has 212 valence electrons. The molecule has 0 spiro atoms. The maximum Gasteiger partial charge on any atom is 0.324 e. The minimum absolute atomic E-state index is 0.0237. The summed E-state index contributed by atoms with van der Waals surface area (Å²) in [6.07, 6.45) is 3.99. The van der Waals surface area contributed by atoms with Gasteiger partial charge in [-0.05, 0) is 67.4 Å². The van der Waals surface area contributed by atoms with E-state index in [4.69, 9.17) is 14.2 Å². The lowest BCUT2D eigenvalue weighted by molar-refractivity contribution is 0.0410. The molecule has 2 heterocycles. The third kappa shape index (κ3) is 6.65. The first-order chi connectivity index (χ1) is 19.1. The molecule has 2 N–H and O–H groups in total. The van der Waals surface area contributed by atoms with Gasteiger partial charge < -0.3 is 19.5 Å². The van der Waals surface area contributed by atoms with E-state index in [0.717, 1.165) is 88.9 Å². The van der Waals surface area contributed by atoms with Gasteiger partial charge in [0.25, 0.3) is 0 Å². The van der Waals surface area contributed by atoms with Gasteiger partial charge in [-0.15, -0.1) is 0 Å². The standard InChI is InChI=1S/C30H42N4O4S/c1-36-26-9-8-24(20-27(26)37-2)30-11-10-25(31-29(35)32-39-19-16-33-14-17-38-18-15-33)21-28(30)34(13-12-30)22-23-6-4-3-5-7-23/h3-9,20,25,28H,10-19,21-22H2,1-2H3,(H2,31,32,35). The molecule has 2 aliphatic heterocycles. The van der Waals surface area contributed by atoms with Crippen molar-refractivity contribution in [3.05, 3.63) is 59.7 Å². The van der Waals surface area contributed by atoms with Crippen molar-refractivity contribution in [1.29, 1.82) is 0 Å². The van der Waals surface area contributed by atoms with E-state index in [1.54, 1.807) is 14.2 Å². The number of ether oxygens (including phenoxy) is 3. The number of morpholine rings is 1. The lowest BCUT2D eigenvalue weighted by Crippen LogP contribution is -2.53. The molecule has 2 aromatic rings. The molecule has 9 heteroatoms. The van der Waals surface area contributed by atoms with Crippen LogP contribution in [-0.2, 0) is 16.7 Å². The number of hydrogen-bond acceptors (Lipinski definition) is 7. The maximum atomic E-state index is 12.8. The zero-order chi connectivity index (χ0) is 27.1. The van der Waals surface area contributed by atoms with Gasteiger partial charge in [0.2, 0.25) is 0 Å². The second kappa shape index (κ2) is 13.3. The highest BCUT2D eigenvalue weighted by Crippen LogP contribution is 2.50. The van der Waals surface area contributed by atoms with E-state index in [-0.39, 0.29) is 17.5 Å². The Kier molecular flexibility index (Phi) is 9.55. The number of fused-ring (bicyclic) bond motifs is 1.